The number of H-pyrrole nitrogens is 1. The third-order valence-corrected chi connectivity index (χ3v) is 3.50. The van der Waals surface area contributed by atoms with E-state index in [1.165, 1.54) is 22.1 Å². The van der Waals surface area contributed by atoms with Gasteiger partial charge in [-0.1, -0.05) is 25.1 Å². The van der Waals surface area contributed by atoms with E-state index in [1.807, 2.05) is 12.3 Å². The topological polar surface area (TPSA) is 54.7 Å². The van der Waals surface area contributed by atoms with Gasteiger partial charge >= 0.3 is 0 Å². The summed E-state index contributed by atoms with van der Waals surface area (Å²) < 4.78 is 0. The Balaban J connectivity index is 2.35. The largest absolute Gasteiger partial charge is 0.384 e. The maximum atomic E-state index is 5.86. The van der Waals surface area contributed by atoms with E-state index in [9.17, 15) is 0 Å². The molecule has 3 N–H and O–H groups in total. The summed E-state index contributed by atoms with van der Waals surface area (Å²) in [5.41, 5.74) is 11.6. The molecule has 3 nitrogen and oxygen atoms in total. The molecule has 0 atom stereocenters. The van der Waals surface area contributed by atoms with Crippen LogP contribution in [0.5, 0.6) is 0 Å². The third kappa shape index (κ3) is 1.87. The lowest BCUT2D eigenvalue weighted by molar-refractivity contribution is 1.04. The molecule has 0 amide bonds. The molecule has 0 aliphatic heterocycles. The first-order valence-corrected chi connectivity index (χ1v) is 6.53. The van der Waals surface area contributed by atoms with Gasteiger partial charge in [-0.3, -0.25) is 0 Å². The van der Waals surface area contributed by atoms with Crippen LogP contribution in [0.4, 0.5) is 5.82 Å². The summed E-state index contributed by atoms with van der Waals surface area (Å²) in [7, 11) is 0. The number of aromatic nitrogens is 2. The molecule has 3 rings (SSSR count). The molecule has 0 saturated carbocycles. The molecule has 0 bridgehead atoms. The molecule has 19 heavy (non-hydrogen) atoms. The second-order valence-corrected chi connectivity index (χ2v) is 4.79. The minimum atomic E-state index is 0.594. The highest BCUT2D eigenvalue weighted by molar-refractivity contribution is 5.95. The van der Waals surface area contributed by atoms with Crippen LogP contribution < -0.4 is 5.73 Å². The van der Waals surface area contributed by atoms with Gasteiger partial charge in [-0.25, -0.2) is 4.98 Å². The Hall–Kier alpha value is -2.29. The number of fused-ring (bicyclic) bond motifs is 1. The van der Waals surface area contributed by atoms with Crippen molar-refractivity contribution in [2.75, 3.05) is 5.73 Å². The van der Waals surface area contributed by atoms with Crippen LogP contribution in [0.15, 0.2) is 36.5 Å². The van der Waals surface area contributed by atoms with Gasteiger partial charge in [0.25, 0.3) is 0 Å². The van der Waals surface area contributed by atoms with E-state index >= 15 is 0 Å². The van der Waals surface area contributed by atoms with E-state index in [4.69, 9.17) is 5.73 Å². The molecule has 2 aromatic heterocycles. The number of hydrogen-bond donors (Lipinski definition) is 2. The van der Waals surface area contributed by atoms with Crippen LogP contribution in [0.2, 0.25) is 0 Å². The first-order valence-electron chi connectivity index (χ1n) is 6.53. The lowest BCUT2D eigenvalue weighted by Crippen LogP contribution is -2.00. The first-order chi connectivity index (χ1) is 9.20. The number of benzene rings is 1. The smallest absolute Gasteiger partial charge is 0.123 e. The van der Waals surface area contributed by atoms with Gasteiger partial charge in [0.15, 0.2) is 0 Å². The quantitative estimate of drug-likeness (QED) is 0.730. The third-order valence-electron chi connectivity index (χ3n) is 3.50. The number of pyridine rings is 1. The molecule has 0 spiro atoms. The zero-order valence-electron chi connectivity index (χ0n) is 11.2. The molecular weight excluding hydrogens is 234 g/mol. The Bertz CT molecular complexity index is 741. The van der Waals surface area contributed by atoms with Gasteiger partial charge in [0, 0.05) is 17.3 Å². The molecule has 0 radical (unpaired) electrons. The number of hydrogen-bond acceptors (Lipinski definition) is 2. The lowest BCUT2D eigenvalue weighted by atomic mass is 9.96. The lowest BCUT2D eigenvalue weighted by Gasteiger charge is -2.13. The van der Waals surface area contributed by atoms with E-state index < -0.39 is 0 Å². The fraction of sp³-hybridized carbons (Fsp3) is 0.188. The minimum absolute atomic E-state index is 0.594. The summed E-state index contributed by atoms with van der Waals surface area (Å²) in [6.45, 7) is 4.20. The van der Waals surface area contributed by atoms with Gasteiger partial charge in [-0.05, 0) is 36.4 Å². The summed E-state index contributed by atoms with van der Waals surface area (Å²) in [5.74, 6) is 0.594. The molecule has 2 heterocycles. The van der Waals surface area contributed by atoms with Crippen LogP contribution in [-0.4, -0.2) is 9.97 Å². The SMILES string of the molecule is CCc1nc(N)cc(C)c1-c1cccc2cc[nH]c12. The van der Waals surface area contributed by atoms with Crippen LogP contribution >= 0.6 is 0 Å². The van der Waals surface area contributed by atoms with Crippen LogP contribution in [0.3, 0.4) is 0 Å². The van der Waals surface area contributed by atoms with Crippen molar-refractivity contribution in [3.8, 4) is 11.1 Å². The second-order valence-electron chi connectivity index (χ2n) is 4.79. The fourth-order valence-corrected chi connectivity index (χ4v) is 2.68. The van der Waals surface area contributed by atoms with Gasteiger partial charge in [0.05, 0.1) is 11.2 Å². The first kappa shape index (κ1) is 11.8. The van der Waals surface area contributed by atoms with Gasteiger partial charge in [-0.15, -0.1) is 0 Å². The Morgan fingerprint density at radius 2 is 2.11 bits per heavy atom. The Morgan fingerprint density at radius 3 is 2.89 bits per heavy atom. The molecule has 0 aliphatic rings. The van der Waals surface area contributed by atoms with E-state index in [0.29, 0.717) is 5.82 Å². The predicted octanol–water partition coefficient (Wildman–Crippen LogP) is 3.68. The normalized spacial score (nSPS) is 11.1. The van der Waals surface area contributed by atoms with Crippen molar-refractivity contribution < 1.29 is 0 Å². The van der Waals surface area contributed by atoms with Crippen molar-refractivity contribution >= 4 is 16.7 Å². The second kappa shape index (κ2) is 4.43. The van der Waals surface area contributed by atoms with Gasteiger partial charge < -0.3 is 10.7 Å². The molecule has 1 aromatic carbocycles. The summed E-state index contributed by atoms with van der Waals surface area (Å²) in [6, 6.07) is 10.4. The number of nitrogens with zero attached hydrogens (tertiary/aromatic N) is 1. The minimum Gasteiger partial charge on any atom is -0.384 e. The summed E-state index contributed by atoms with van der Waals surface area (Å²) in [6.07, 6.45) is 2.85. The fourth-order valence-electron chi connectivity index (χ4n) is 2.68. The number of aromatic amines is 1. The van der Waals surface area contributed by atoms with Crippen LogP contribution in [0.1, 0.15) is 18.2 Å². The number of rotatable bonds is 2. The van der Waals surface area contributed by atoms with Crippen molar-refractivity contribution in [3.05, 3.63) is 47.8 Å². The van der Waals surface area contributed by atoms with Gasteiger partial charge in [0.1, 0.15) is 5.82 Å². The zero-order valence-corrected chi connectivity index (χ0v) is 11.2. The average molecular weight is 251 g/mol. The highest BCUT2D eigenvalue weighted by Gasteiger charge is 2.13. The number of para-hydroxylation sites is 1. The maximum Gasteiger partial charge on any atom is 0.123 e. The van der Waals surface area contributed by atoms with Gasteiger partial charge in [-0.2, -0.15) is 0 Å². The Labute approximate surface area is 112 Å². The van der Waals surface area contributed by atoms with Crippen molar-refractivity contribution in [2.45, 2.75) is 20.3 Å². The monoisotopic (exact) mass is 251 g/mol. The number of nitrogen functional groups attached to an aromatic ring is 1. The average Bonchev–Trinajstić information content (AvgIpc) is 2.86. The maximum absolute atomic E-state index is 5.86. The van der Waals surface area contributed by atoms with Crippen molar-refractivity contribution in [1.82, 2.24) is 9.97 Å². The molecule has 96 valence electrons. The Morgan fingerprint density at radius 1 is 1.26 bits per heavy atom. The summed E-state index contributed by atoms with van der Waals surface area (Å²) in [5, 5.41) is 1.22. The molecule has 0 fully saturated rings. The van der Waals surface area contributed by atoms with E-state index in [1.54, 1.807) is 0 Å². The van der Waals surface area contributed by atoms with Gasteiger partial charge in [0.2, 0.25) is 0 Å². The van der Waals surface area contributed by atoms with Crippen molar-refractivity contribution in [1.29, 1.82) is 0 Å². The van der Waals surface area contributed by atoms with Crippen LogP contribution in [0, 0.1) is 6.92 Å². The van der Waals surface area contributed by atoms with Crippen molar-refractivity contribution in [2.24, 2.45) is 0 Å². The molecule has 3 aromatic rings. The molecule has 0 unspecified atom stereocenters. The molecular formula is C16H17N3. The summed E-state index contributed by atoms with van der Waals surface area (Å²) >= 11 is 0. The van der Waals surface area contributed by atoms with Crippen molar-refractivity contribution in [3.63, 3.8) is 0 Å². The van der Waals surface area contributed by atoms with Crippen LogP contribution in [0.25, 0.3) is 22.0 Å². The number of nitrogens with one attached hydrogen (secondary N) is 1. The predicted molar refractivity (Wildman–Crippen MR) is 80.1 cm³/mol. The number of nitrogens with two attached hydrogens (primary N) is 1. The van der Waals surface area contributed by atoms with E-state index in [-0.39, 0.29) is 0 Å². The summed E-state index contributed by atoms with van der Waals surface area (Å²) in [4.78, 5) is 7.80. The highest BCUT2D eigenvalue weighted by atomic mass is 14.8. The molecule has 0 aliphatic carbocycles. The van der Waals surface area contributed by atoms with E-state index in [2.05, 4.69) is 48.1 Å². The zero-order chi connectivity index (χ0) is 13.4. The molecule has 3 heteroatoms. The highest BCUT2D eigenvalue weighted by Crippen LogP contribution is 2.33. The standard InChI is InChI=1S/C16H17N3/c1-3-13-15(10(2)9-14(17)19-13)12-6-4-5-11-7-8-18-16(11)12/h4-9,18H,3H2,1-2H3,(H2,17,19). The number of aryl methyl sites for hydroxylation is 2. The Kier molecular flexibility index (Phi) is 2.75. The van der Waals surface area contributed by atoms with Crippen LogP contribution in [-0.2, 0) is 6.42 Å². The number of anilines is 1. The van der Waals surface area contributed by atoms with E-state index in [0.717, 1.165) is 17.6 Å². The molecule has 0 saturated heterocycles.